The second kappa shape index (κ2) is 7.92. The van der Waals surface area contributed by atoms with Gasteiger partial charge < -0.3 is 19.7 Å². The Hall–Kier alpha value is -2.69. The molecule has 1 amide bonds. The third-order valence-corrected chi connectivity index (χ3v) is 4.58. The fraction of sp³-hybridized carbons (Fsp3) is 0.350. The highest BCUT2D eigenvalue weighted by Crippen LogP contribution is 2.25. The Morgan fingerprint density at radius 3 is 2.44 bits per heavy atom. The molecule has 1 heterocycles. The molecule has 132 valence electrons. The van der Waals surface area contributed by atoms with Crippen LogP contribution in [0.1, 0.15) is 23.2 Å². The summed E-state index contributed by atoms with van der Waals surface area (Å²) in [4.78, 5) is 14.9. The van der Waals surface area contributed by atoms with E-state index in [2.05, 4.69) is 22.3 Å². The minimum atomic E-state index is -0.114. The van der Waals surface area contributed by atoms with Gasteiger partial charge in [0.1, 0.15) is 11.5 Å². The zero-order valence-electron chi connectivity index (χ0n) is 14.7. The molecule has 1 unspecified atom stereocenters. The number of para-hydroxylation sites is 1. The number of ether oxygens (including phenoxy) is 2. The molecule has 25 heavy (non-hydrogen) atoms. The van der Waals surface area contributed by atoms with Crippen molar-refractivity contribution in [2.24, 2.45) is 0 Å². The first-order chi connectivity index (χ1) is 12.2. The number of benzene rings is 2. The zero-order chi connectivity index (χ0) is 17.6. The molecule has 0 bridgehead atoms. The maximum Gasteiger partial charge on any atom is 0.251 e. The van der Waals surface area contributed by atoms with Gasteiger partial charge >= 0.3 is 0 Å². The number of hydrogen-bond donors (Lipinski definition) is 1. The highest BCUT2D eigenvalue weighted by atomic mass is 16.5. The molecule has 5 heteroatoms. The Bertz CT molecular complexity index is 696. The second-order valence-electron chi connectivity index (χ2n) is 6.14. The standard InChI is InChI=1S/C20H24N2O3/c1-24-18-11-15(12-19(13-18)25-2)20(23)21-14-17-9-6-10-22(17)16-7-4-3-5-8-16/h3-5,7-8,11-13,17H,6,9-10,14H2,1-2H3,(H,21,23). The zero-order valence-corrected chi connectivity index (χ0v) is 14.7. The van der Waals surface area contributed by atoms with Crippen LogP contribution in [0.15, 0.2) is 48.5 Å². The number of nitrogens with one attached hydrogen (secondary N) is 1. The molecule has 0 saturated carbocycles. The Morgan fingerprint density at radius 1 is 1.12 bits per heavy atom. The average Bonchev–Trinajstić information content (AvgIpc) is 3.14. The van der Waals surface area contributed by atoms with Crippen molar-refractivity contribution in [3.63, 3.8) is 0 Å². The van der Waals surface area contributed by atoms with Gasteiger partial charge in [0.2, 0.25) is 0 Å². The maximum atomic E-state index is 12.5. The van der Waals surface area contributed by atoms with Crippen molar-refractivity contribution >= 4 is 11.6 Å². The molecule has 1 aliphatic rings. The first kappa shape index (κ1) is 17.1. The van der Waals surface area contributed by atoms with Crippen molar-refractivity contribution in [2.75, 3.05) is 32.2 Å². The van der Waals surface area contributed by atoms with Gasteiger partial charge in [-0.05, 0) is 37.1 Å². The molecule has 1 fully saturated rings. The van der Waals surface area contributed by atoms with Crippen molar-refractivity contribution < 1.29 is 14.3 Å². The van der Waals surface area contributed by atoms with Gasteiger partial charge in [-0.3, -0.25) is 4.79 Å². The van der Waals surface area contributed by atoms with Crippen LogP contribution < -0.4 is 19.7 Å². The summed E-state index contributed by atoms with van der Waals surface area (Å²) in [6.07, 6.45) is 2.22. The van der Waals surface area contributed by atoms with E-state index in [0.717, 1.165) is 19.4 Å². The monoisotopic (exact) mass is 340 g/mol. The number of anilines is 1. The molecule has 1 N–H and O–H groups in total. The molecule has 5 nitrogen and oxygen atoms in total. The first-order valence-corrected chi connectivity index (χ1v) is 8.54. The summed E-state index contributed by atoms with van der Waals surface area (Å²) in [5.41, 5.74) is 1.75. The third kappa shape index (κ3) is 4.05. The van der Waals surface area contributed by atoms with Crippen molar-refractivity contribution in [3.05, 3.63) is 54.1 Å². The number of nitrogens with zero attached hydrogens (tertiary/aromatic N) is 1. The van der Waals surface area contributed by atoms with Crippen molar-refractivity contribution in [1.29, 1.82) is 0 Å². The summed E-state index contributed by atoms with van der Waals surface area (Å²) >= 11 is 0. The molecule has 3 rings (SSSR count). The van der Waals surface area contributed by atoms with Crippen LogP contribution in [0.3, 0.4) is 0 Å². The van der Waals surface area contributed by atoms with Crippen LogP contribution >= 0.6 is 0 Å². The Morgan fingerprint density at radius 2 is 1.80 bits per heavy atom. The van der Waals surface area contributed by atoms with Crippen molar-refractivity contribution in [3.8, 4) is 11.5 Å². The van der Waals surface area contributed by atoms with E-state index in [4.69, 9.17) is 9.47 Å². The van der Waals surface area contributed by atoms with E-state index >= 15 is 0 Å². The van der Waals surface area contributed by atoms with Crippen LogP contribution in [0.5, 0.6) is 11.5 Å². The SMILES string of the molecule is COc1cc(OC)cc(C(=O)NCC2CCCN2c2ccccc2)c1. The highest BCUT2D eigenvalue weighted by molar-refractivity contribution is 5.95. The van der Waals surface area contributed by atoms with E-state index in [1.807, 2.05) is 18.2 Å². The number of hydrogen-bond acceptors (Lipinski definition) is 4. The maximum absolute atomic E-state index is 12.5. The molecule has 1 saturated heterocycles. The van der Waals surface area contributed by atoms with Crippen LogP contribution in [-0.4, -0.2) is 39.3 Å². The normalized spacial score (nSPS) is 16.6. The van der Waals surface area contributed by atoms with E-state index in [1.165, 1.54) is 5.69 Å². The minimum Gasteiger partial charge on any atom is -0.497 e. The molecule has 0 aliphatic carbocycles. The summed E-state index contributed by atoms with van der Waals surface area (Å²) in [6.45, 7) is 1.64. The summed E-state index contributed by atoms with van der Waals surface area (Å²) in [6, 6.07) is 15.9. The Balaban J connectivity index is 1.66. The van der Waals surface area contributed by atoms with E-state index < -0.39 is 0 Å². The van der Waals surface area contributed by atoms with E-state index in [0.29, 0.717) is 29.6 Å². The number of carbonyl (C=O) groups excluding carboxylic acids is 1. The van der Waals surface area contributed by atoms with Gasteiger partial charge in [-0.2, -0.15) is 0 Å². The molecule has 0 aromatic heterocycles. The Labute approximate surface area is 148 Å². The molecule has 2 aromatic carbocycles. The van der Waals surface area contributed by atoms with Crippen molar-refractivity contribution in [1.82, 2.24) is 5.32 Å². The van der Waals surface area contributed by atoms with Gasteiger partial charge in [0.25, 0.3) is 5.91 Å². The van der Waals surface area contributed by atoms with Crippen LogP contribution in [0.25, 0.3) is 0 Å². The fourth-order valence-corrected chi connectivity index (χ4v) is 3.26. The number of carbonyl (C=O) groups is 1. The smallest absolute Gasteiger partial charge is 0.251 e. The summed E-state index contributed by atoms with van der Waals surface area (Å²) < 4.78 is 10.5. The third-order valence-electron chi connectivity index (χ3n) is 4.58. The molecule has 2 aromatic rings. The summed E-state index contributed by atoms with van der Waals surface area (Å²) in [5, 5.41) is 3.05. The van der Waals surface area contributed by atoms with E-state index in [1.54, 1.807) is 32.4 Å². The van der Waals surface area contributed by atoms with Crippen LogP contribution in [-0.2, 0) is 0 Å². The molecule has 0 spiro atoms. The predicted molar refractivity (Wildman–Crippen MR) is 98.7 cm³/mol. The van der Waals surface area contributed by atoms with Crippen LogP contribution in [0.2, 0.25) is 0 Å². The number of methoxy groups -OCH3 is 2. The van der Waals surface area contributed by atoms with Crippen LogP contribution in [0.4, 0.5) is 5.69 Å². The highest BCUT2D eigenvalue weighted by Gasteiger charge is 2.25. The molecule has 1 aliphatic heterocycles. The molecular weight excluding hydrogens is 316 g/mol. The van der Waals surface area contributed by atoms with Gasteiger partial charge in [0.15, 0.2) is 0 Å². The van der Waals surface area contributed by atoms with Crippen LogP contribution in [0, 0.1) is 0 Å². The first-order valence-electron chi connectivity index (χ1n) is 8.54. The molecule has 0 radical (unpaired) electrons. The summed E-state index contributed by atoms with van der Waals surface area (Å²) in [7, 11) is 3.15. The predicted octanol–water partition coefficient (Wildman–Crippen LogP) is 3.10. The van der Waals surface area contributed by atoms with E-state index in [9.17, 15) is 4.79 Å². The largest absolute Gasteiger partial charge is 0.497 e. The van der Waals surface area contributed by atoms with Crippen molar-refractivity contribution in [2.45, 2.75) is 18.9 Å². The van der Waals surface area contributed by atoms with Gasteiger partial charge in [0.05, 0.1) is 14.2 Å². The summed E-state index contributed by atoms with van der Waals surface area (Å²) in [5.74, 6) is 1.10. The number of rotatable bonds is 6. The molecule has 1 atom stereocenters. The number of amides is 1. The Kier molecular flexibility index (Phi) is 5.43. The quantitative estimate of drug-likeness (QED) is 0.878. The lowest BCUT2D eigenvalue weighted by molar-refractivity contribution is 0.0950. The van der Waals surface area contributed by atoms with Gasteiger partial charge in [-0.1, -0.05) is 18.2 Å². The lowest BCUT2D eigenvalue weighted by Crippen LogP contribution is -2.40. The lowest BCUT2D eigenvalue weighted by atomic mass is 10.1. The van der Waals surface area contributed by atoms with E-state index in [-0.39, 0.29) is 5.91 Å². The fourth-order valence-electron chi connectivity index (χ4n) is 3.26. The van der Waals surface area contributed by atoms with Gasteiger partial charge in [-0.15, -0.1) is 0 Å². The average molecular weight is 340 g/mol. The molecular formula is C20H24N2O3. The lowest BCUT2D eigenvalue weighted by Gasteiger charge is -2.27. The topological polar surface area (TPSA) is 50.8 Å². The second-order valence-corrected chi connectivity index (χ2v) is 6.14. The van der Waals surface area contributed by atoms with Gasteiger partial charge in [-0.25, -0.2) is 0 Å². The minimum absolute atomic E-state index is 0.114. The van der Waals surface area contributed by atoms with Gasteiger partial charge in [0, 0.05) is 36.4 Å².